The molecule has 10 N–H and O–H groups in total. The first-order valence-corrected chi connectivity index (χ1v) is 11.4. The van der Waals surface area contributed by atoms with E-state index in [2.05, 4.69) is 30.2 Å². The fraction of sp³-hybridized carbons (Fsp3) is 0.0833. The molecule has 2 bridgehead atoms. The van der Waals surface area contributed by atoms with Crippen molar-refractivity contribution in [1.29, 1.82) is 0 Å². The molecule has 0 saturated heterocycles. The van der Waals surface area contributed by atoms with Crippen molar-refractivity contribution in [1.82, 2.24) is 10.2 Å². The van der Waals surface area contributed by atoms with E-state index in [-0.39, 0.29) is 39.0 Å². The van der Waals surface area contributed by atoms with E-state index in [0.717, 1.165) is 6.07 Å². The zero-order chi connectivity index (χ0) is 32.1. The Balaban J connectivity index is 0.000000172. The highest BCUT2D eigenvalue weighted by Gasteiger charge is 2.44. The number of fused-ring (bicyclic) bond motifs is 2. The van der Waals surface area contributed by atoms with Crippen molar-refractivity contribution in [3.05, 3.63) is 97.6 Å². The average molecular weight is 597 g/mol. The van der Waals surface area contributed by atoms with Gasteiger partial charge in [-0.25, -0.2) is 9.78 Å². The second kappa shape index (κ2) is 12.4. The fourth-order valence-electron chi connectivity index (χ4n) is 3.88. The lowest BCUT2D eigenvalue weighted by Crippen LogP contribution is -2.58. The highest BCUT2D eigenvalue weighted by molar-refractivity contribution is 6.03. The molecule has 0 radical (unpaired) electrons. The molecule has 3 aliphatic heterocycles. The number of rotatable bonds is 2. The number of aromatic nitrogens is 2. The van der Waals surface area contributed by atoms with Gasteiger partial charge in [-0.1, -0.05) is 30.3 Å². The summed E-state index contributed by atoms with van der Waals surface area (Å²) in [6, 6.07) is 12.9. The molecule has 0 aliphatic carbocycles. The summed E-state index contributed by atoms with van der Waals surface area (Å²) in [4.78, 5) is 52.1. The molecule has 0 fully saturated rings. The van der Waals surface area contributed by atoms with E-state index in [1.807, 2.05) is 0 Å². The molecule has 226 valence electrons. The maximum atomic E-state index is 11.9. The zero-order valence-corrected chi connectivity index (χ0v) is 21.3. The van der Waals surface area contributed by atoms with Crippen molar-refractivity contribution in [2.45, 2.75) is 11.8 Å². The van der Waals surface area contributed by atoms with Crippen molar-refractivity contribution in [2.24, 2.45) is 10.2 Å². The number of hydrogen-bond donors (Lipinski definition) is 7. The molecular weight excluding hydrogens is 578 g/mol. The SMILES string of the molecule is Nc1cccc(C(=O)[O-])c1C(=O)[O-].Nc1cccc2c(=O)[nH][nH]c(=O)c12.Nc1cccc2c1C1([O-])N=NC2([O-])OO1.OO. The first-order chi connectivity index (χ1) is 20.3. The molecule has 2 unspecified atom stereocenters. The molecule has 19 heteroatoms. The summed E-state index contributed by atoms with van der Waals surface area (Å²) in [5, 5.41) is 68.1. The van der Waals surface area contributed by atoms with E-state index < -0.39 is 34.9 Å². The van der Waals surface area contributed by atoms with E-state index >= 15 is 0 Å². The number of carboxylic acids is 2. The molecule has 19 nitrogen and oxygen atoms in total. The number of nitrogen functional groups attached to an aromatic ring is 3. The number of nitrogens with zero attached hydrogens (tertiary/aromatic N) is 2. The fourth-order valence-corrected chi connectivity index (χ4v) is 3.88. The Labute approximate surface area is 237 Å². The molecular formula is C24H19N7O12-4. The van der Waals surface area contributed by atoms with Gasteiger partial charge in [-0.3, -0.25) is 30.3 Å². The quantitative estimate of drug-likeness (QED) is 0.0668. The minimum atomic E-state index is -2.35. The van der Waals surface area contributed by atoms with Crippen LogP contribution in [0.25, 0.3) is 10.8 Å². The Bertz CT molecular complexity index is 1840. The maximum Gasteiger partial charge on any atom is 0.272 e. The Morgan fingerprint density at radius 2 is 1.28 bits per heavy atom. The van der Waals surface area contributed by atoms with Gasteiger partial charge in [0, 0.05) is 39.3 Å². The van der Waals surface area contributed by atoms with E-state index in [9.17, 15) is 39.6 Å². The number of anilines is 3. The van der Waals surface area contributed by atoms with Crippen LogP contribution in [0.3, 0.4) is 0 Å². The lowest BCUT2D eigenvalue weighted by atomic mass is 9.98. The first kappa shape index (κ1) is 31.8. The normalized spacial score (nSPS) is 19.0. The van der Waals surface area contributed by atoms with Gasteiger partial charge in [0.15, 0.2) is 11.8 Å². The molecule has 0 spiro atoms. The summed E-state index contributed by atoms with van der Waals surface area (Å²) in [7, 11) is 0. The maximum absolute atomic E-state index is 11.9. The Kier molecular flexibility index (Phi) is 9.21. The minimum Gasteiger partial charge on any atom is -0.803 e. The standard InChI is InChI=1S/C8H5N3O4.C8H7N3O2.C8H7NO4.H2O2/c9-5-3-1-2-4-6(5)8(13)11-10-7(4,12)14-15-8;9-5-3-1-2-4-6(5)8(13)11-10-7(4)12;9-5-3-1-2-4(7(10)11)6(5)8(12)13;1-2/h1-3H,9H2;1-3H,9H2,(H,10,12)(H,11,13);1-3H,9H2,(H,10,11)(H,12,13);1-2H/q-2;;;/p-2. The van der Waals surface area contributed by atoms with Crippen molar-refractivity contribution >= 4 is 39.8 Å². The van der Waals surface area contributed by atoms with Crippen LogP contribution in [0.2, 0.25) is 0 Å². The van der Waals surface area contributed by atoms with Crippen LogP contribution in [0.4, 0.5) is 17.1 Å². The van der Waals surface area contributed by atoms with Crippen molar-refractivity contribution in [3.8, 4) is 0 Å². The number of aromatic carboxylic acids is 2. The monoisotopic (exact) mass is 597 g/mol. The van der Waals surface area contributed by atoms with Crippen LogP contribution in [-0.2, 0) is 21.6 Å². The second-order valence-corrected chi connectivity index (χ2v) is 8.32. The highest BCUT2D eigenvalue weighted by atomic mass is 17.3. The van der Waals surface area contributed by atoms with E-state index in [1.165, 1.54) is 30.3 Å². The Morgan fingerprint density at radius 3 is 1.81 bits per heavy atom. The number of H-pyrrole nitrogens is 2. The Morgan fingerprint density at radius 1 is 0.744 bits per heavy atom. The number of azo groups is 1. The molecule has 3 aromatic carbocycles. The predicted octanol–water partition coefficient (Wildman–Crippen LogP) is -3.55. The van der Waals surface area contributed by atoms with Crippen molar-refractivity contribution in [3.63, 3.8) is 0 Å². The number of carboxylic acid groups (broad SMARTS) is 2. The lowest BCUT2D eigenvalue weighted by molar-refractivity contribution is -0.730. The van der Waals surface area contributed by atoms with Gasteiger partial charge in [0.05, 0.1) is 22.7 Å². The number of hydrogen-bond acceptors (Lipinski definition) is 17. The van der Waals surface area contributed by atoms with Gasteiger partial charge in [0.1, 0.15) is 0 Å². The summed E-state index contributed by atoms with van der Waals surface area (Å²) < 4.78 is 0. The minimum absolute atomic E-state index is 0.0127. The summed E-state index contributed by atoms with van der Waals surface area (Å²) >= 11 is 0. The number of benzene rings is 3. The van der Waals surface area contributed by atoms with E-state index in [0.29, 0.717) is 11.1 Å². The highest BCUT2D eigenvalue weighted by Crippen LogP contribution is 2.45. The van der Waals surface area contributed by atoms with Crippen LogP contribution in [0.1, 0.15) is 31.8 Å². The molecule has 4 aromatic rings. The van der Waals surface area contributed by atoms with Gasteiger partial charge in [-0.2, -0.15) is 10.2 Å². The van der Waals surface area contributed by atoms with Gasteiger partial charge in [0.25, 0.3) is 11.1 Å². The zero-order valence-electron chi connectivity index (χ0n) is 21.3. The number of carbonyl (C=O) groups excluding carboxylic acids is 2. The van der Waals surface area contributed by atoms with Gasteiger partial charge >= 0.3 is 0 Å². The third-order valence-electron chi connectivity index (χ3n) is 5.71. The van der Waals surface area contributed by atoms with Crippen LogP contribution in [0, 0.1) is 0 Å². The number of aromatic amines is 2. The third-order valence-corrected chi connectivity index (χ3v) is 5.71. The second-order valence-electron chi connectivity index (χ2n) is 8.32. The molecule has 43 heavy (non-hydrogen) atoms. The van der Waals surface area contributed by atoms with Gasteiger partial charge in [0.2, 0.25) is 0 Å². The third kappa shape index (κ3) is 6.15. The van der Waals surface area contributed by atoms with Crippen LogP contribution < -0.4 is 48.7 Å². The summed E-state index contributed by atoms with van der Waals surface area (Å²) in [6.07, 6.45) is 0. The Hall–Kier alpha value is -5.70. The number of nitrogens with one attached hydrogen (secondary N) is 2. The van der Waals surface area contributed by atoms with Crippen LogP contribution in [0.15, 0.2) is 74.4 Å². The van der Waals surface area contributed by atoms with Gasteiger partial charge in [-0.05, 0) is 24.3 Å². The molecule has 0 amide bonds. The summed E-state index contributed by atoms with van der Waals surface area (Å²) in [5.41, 5.74) is 15.0. The van der Waals surface area contributed by atoms with Crippen LogP contribution >= 0.6 is 0 Å². The average Bonchev–Trinajstić information content (AvgIpc) is 2.97. The first-order valence-electron chi connectivity index (χ1n) is 11.4. The molecule has 3 aliphatic rings. The topological polar surface area (TPSA) is 354 Å². The summed E-state index contributed by atoms with van der Waals surface area (Å²) in [5.74, 6) is -7.88. The van der Waals surface area contributed by atoms with Crippen molar-refractivity contribution < 1.29 is 50.3 Å². The smallest absolute Gasteiger partial charge is 0.272 e. The van der Waals surface area contributed by atoms with E-state index in [4.69, 9.17) is 27.7 Å². The lowest BCUT2D eigenvalue weighted by Gasteiger charge is -2.52. The molecule has 7 rings (SSSR count). The van der Waals surface area contributed by atoms with Gasteiger partial charge < -0.3 is 47.2 Å². The van der Waals surface area contributed by atoms with Crippen LogP contribution in [-0.4, -0.2) is 32.7 Å². The molecule has 2 atom stereocenters. The predicted molar refractivity (Wildman–Crippen MR) is 136 cm³/mol. The summed E-state index contributed by atoms with van der Waals surface area (Å²) in [6.45, 7) is 0. The number of carbonyl (C=O) groups is 2. The van der Waals surface area contributed by atoms with Crippen LogP contribution in [0.5, 0.6) is 0 Å². The largest absolute Gasteiger partial charge is 0.803 e. The molecule has 0 saturated carbocycles. The molecule has 4 heterocycles. The van der Waals surface area contributed by atoms with E-state index in [1.54, 1.807) is 18.2 Å². The molecule has 1 aromatic heterocycles. The van der Waals surface area contributed by atoms with Gasteiger partial charge in [-0.15, -0.1) is 0 Å². The van der Waals surface area contributed by atoms with Crippen molar-refractivity contribution in [2.75, 3.05) is 17.2 Å². The number of nitrogens with two attached hydrogens (primary N) is 3.